The molecule has 0 amide bonds. The largest absolute Gasteiger partial charge is 0.317 e. The van der Waals surface area contributed by atoms with Gasteiger partial charge in [-0.05, 0) is 51.4 Å². The summed E-state index contributed by atoms with van der Waals surface area (Å²) in [5.74, 6) is 0.363. The van der Waals surface area contributed by atoms with Gasteiger partial charge in [0.2, 0.25) is 0 Å². The lowest BCUT2D eigenvalue weighted by molar-refractivity contribution is 0.446. The van der Waals surface area contributed by atoms with Crippen LogP contribution < -0.4 is 10.9 Å². The van der Waals surface area contributed by atoms with Gasteiger partial charge >= 0.3 is 0 Å². The van der Waals surface area contributed by atoms with E-state index in [-0.39, 0.29) is 5.56 Å². The second-order valence-electron chi connectivity index (χ2n) is 6.12. The van der Waals surface area contributed by atoms with Crippen molar-refractivity contribution in [2.24, 2.45) is 0 Å². The van der Waals surface area contributed by atoms with Crippen LogP contribution in [-0.2, 0) is 0 Å². The molecule has 0 spiro atoms. The molecule has 0 radical (unpaired) electrons. The molecule has 4 rings (SSSR count). The lowest BCUT2D eigenvalue weighted by Crippen LogP contribution is -2.28. The van der Waals surface area contributed by atoms with Crippen molar-refractivity contribution in [2.45, 2.75) is 32.6 Å². The Morgan fingerprint density at radius 3 is 2.77 bits per heavy atom. The maximum absolute atomic E-state index is 12.1. The Bertz CT molecular complexity index is 918. The van der Waals surface area contributed by atoms with Crippen LogP contribution in [0.3, 0.4) is 0 Å². The summed E-state index contributed by atoms with van der Waals surface area (Å²) in [4.78, 5) is 19.6. The number of aromatic nitrogens is 4. The summed E-state index contributed by atoms with van der Waals surface area (Å²) in [5, 5.41) is 8.97. The average molecular weight is 297 g/mol. The second-order valence-corrected chi connectivity index (χ2v) is 6.12. The van der Waals surface area contributed by atoms with Crippen LogP contribution in [-0.4, -0.2) is 32.7 Å². The molecule has 0 saturated carbocycles. The van der Waals surface area contributed by atoms with E-state index >= 15 is 0 Å². The van der Waals surface area contributed by atoms with Crippen molar-refractivity contribution in [1.29, 1.82) is 0 Å². The molecule has 0 unspecified atom stereocenters. The van der Waals surface area contributed by atoms with Gasteiger partial charge in [0, 0.05) is 17.7 Å². The predicted molar refractivity (Wildman–Crippen MR) is 85.4 cm³/mol. The van der Waals surface area contributed by atoms with Gasteiger partial charge in [0.05, 0.1) is 11.1 Å². The molecule has 3 aromatic rings. The summed E-state index contributed by atoms with van der Waals surface area (Å²) in [6.45, 7) is 5.97. The number of rotatable bonds is 1. The van der Waals surface area contributed by atoms with E-state index in [9.17, 15) is 4.79 Å². The van der Waals surface area contributed by atoms with E-state index in [1.54, 1.807) is 6.07 Å². The van der Waals surface area contributed by atoms with Crippen LogP contribution in [0.15, 0.2) is 16.9 Å². The molecule has 1 aliphatic rings. The summed E-state index contributed by atoms with van der Waals surface area (Å²) in [5.41, 5.74) is 4.43. The predicted octanol–water partition coefficient (Wildman–Crippen LogP) is 1.65. The van der Waals surface area contributed by atoms with E-state index in [0.29, 0.717) is 11.6 Å². The minimum Gasteiger partial charge on any atom is -0.317 e. The monoisotopic (exact) mass is 297 g/mol. The van der Waals surface area contributed by atoms with E-state index in [4.69, 9.17) is 0 Å². The molecule has 2 N–H and O–H groups in total. The SMILES string of the molecule is Cc1cc(C)c2c(n1)nn1c(C3CCNCC3)cc(=O)[nH]c21. The van der Waals surface area contributed by atoms with Crippen molar-refractivity contribution < 1.29 is 0 Å². The van der Waals surface area contributed by atoms with Crippen molar-refractivity contribution in [3.05, 3.63) is 39.4 Å². The van der Waals surface area contributed by atoms with Crippen molar-refractivity contribution in [3.63, 3.8) is 0 Å². The van der Waals surface area contributed by atoms with Crippen molar-refractivity contribution in [1.82, 2.24) is 24.9 Å². The van der Waals surface area contributed by atoms with Crippen LogP contribution in [0.1, 0.15) is 35.7 Å². The van der Waals surface area contributed by atoms with Gasteiger partial charge < -0.3 is 10.3 Å². The Kier molecular flexibility index (Phi) is 3.00. The number of hydrogen-bond acceptors (Lipinski definition) is 4. The molecule has 3 aromatic heterocycles. The van der Waals surface area contributed by atoms with E-state index < -0.39 is 0 Å². The lowest BCUT2D eigenvalue weighted by atomic mass is 9.94. The first-order valence-corrected chi connectivity index (χ1v) is 7.74. The molecule has 0 aromatic carbocycles. The molecular formula is C16H19N5O. The summed E-state index contributed by atoms with van der Waals surface area (Å²) in [7, 11) is 0. The molecule has 22 heavy (non-hydrogen) atoms. The standard InChI is InChI=1S/C16H19N5O/c1-9-7-10(2)18-15-14(9)16-19-13(22)8-12(21(16)20-15)11-3-5-17-6-4-11/h7-8,11,17H,3-6H2,1-2H3,(H,19,22). The molecule has 1 saturated heterocycles. The first-order chi connectivity index (χ1) is 10.6. The number of piperidine rings is 1. The van der Waals surface area contributed by atoms with Crippen LogP contribution in [0.25, 0.3) is 16.7 Å². The maximum Gasteiger partial charge on any atom is 0.251 e. The van der Waals surface area contributed by atoms with E-state index in [1.165, 1.54) is 0 Å². The number of aromatic amines is 1. The Balaban J connectivity index is 2.05. The van der Waals surface area contributed by atoms with Crippen LogP contribution in [0.4, 0.5) is 0 Å². The molecule has 1 fully saturated rings. The highest BCUT2D eigenvalue weighted by atomic mass is 16.1. The summed E-state index contributed by atoms with van der Waals surface area (Å²) >= 11 is 0. The van der Waals surface area contributed by atoms with E-state index in [0.717, 1.165) is 53.9 Å². The van der Waals surface area contributed by atoms with E-state index in [1.807, 2.05) is 24.4 Å². The summed E-state index contributed by atoms with van der Waals surface area (Å²) in [6.07, 6.45) is 2.06. The summed E-state index contributed by atoms with van der Waals surface area (Å²) < 4.78 is 1.89. The zero-order chi connectivity index (χ0) is 15.3. The highest BCUT2D eigenvalue weighted by Gasteiger charge is 2.21. The highest BCUT2D eigenvalue weighted by molar-refractivity contribution is 5.92. The van der Waals surface area contributed by atoms with Gasteiger partial charge in [-0.1, -0.05) is 0 Å². The molecule has 0 atom stereocenters. The maximum atomic E-state index is 12.1. The number of aryl methyl sites for hydroxylation is 2. The van der Waals surface area contributed by atoms with Gasteiger partial charge in [0.15, 0.2) is 5.65 Å². The fourth-order valence-electron chi connectivity index (χ4n) is 3.49. The third-order valence-corrected chi connectivity index (χ3v) is 4.49. The summed E-state index contributed by atoms with van der Waals surface area (Å²) in [6, 6.07) is 3.72. The van der Waals surface area contributed by atoms with Gasteiger partial charge in [-0.2, -0.15) is 0 Å². The van der Waals surface area contributed by atoms with Crippen molar-refractivity contribution >= 4 is 16.7 Å². The highest BCUT2D eigenvalue weighted by Crippen LogP contribution is 2.27. The average Bonchev–Trinajstić information content (AvgIpc) is 2.85. The van der Waals surface area contributed by atoms with Crippen LogP contribution in [0, 0.1) is 13.8 Å². The smallest absolute Gasteiger partial charge is 0.251 e. The number of nitrogens with one attached hydrogen (secondary N) is 2. The topological polar surface area (TPSA) is 75.1 Å². The molecule has 6 nitrogen and oxygen atoms in total. The number of H-pyrrole nitrogens is 1. The van der Waals surface area contributed by atoms with Crippen LogP contribution in [0.5, 0.6) is 0 Å². The molecule has 6 heteroatoms. The molecule has 114 valence electrons. The Hall–Kier alpha value is -2.21. The van der Waals surface area contributed by atoms with Crippen molar-refractivity contribution in [2.75, 3.05) is 13.1 Å². The third kappa shape index (κ3) is 2.02. The molecule has 0 bridgehead atoms. The lowest BCUT2D eigenvalue weighted by Gasteiger charge is -2.22. The van der Waals surface area contributed by atoms with Crippen LogP contribution >= 0.6 is 0 Å². The zero-order valence-electron chi connectivity index (χ0n) is 12.8. The Morgan fingerprint density at radius 2 is 2.00 bits per heavy atom. The van der Waals surface area contributed by atoms with Crippen LogP contribution in [0.2, 0.25) is 0 Å². The van der Waals surface area contributed by atoms with Gasteiger partial charge in [0.25, 0.3) is 5.56 Å². The first kappa shape index (κ1) is 13.5. The van der Waals surface area contributed by atoms with Gasteiger partial charge in [-0.3, -0.25) is 4.79 Å². The number of pyridine rings is 1. The minimum atomic E-state index is -0.0668. The van der Waals surface area contributed by atoms with Gasteiger partial charge in [0.1, 0.15) is 5.65 Å². The van der Waals surface area contributed by atoms with Gasteiger partial charge in [-0.25, -0.2) is 9.50 Å². The minimum absolute atomic E-state index is 0.0668. The molecule has 0 aliphatic carbocycles. The fourth-order valence-corrected chi connectivity index (χ4v) is 3.49. The Morgan fingerprint density at radius 1 is 1.23 bits per heavy atom. The second kappa shape index (κ2) is 4.91. The number of hydrogen-bond donors (Lipinski definition) is 2. The molecule has 4 heterocycles. The van der Waals surface area contributed by atoms with Gasteiger partial charge in [-0.15, -0.1) is 5.10 Å². The molecular weight excluding hydrogens is 278 g/mol. The quantitative estimate of drug-likeness (QED) is 0.716. The third-order valence-electron chi connectivity index (χ3n) is 4.49. The van der Waals surface area contributed by atoms with E-state index in [2.05, 4.69) is 20.4 Å². The zero-order valence-corrected chi connectivity index (χ0v) is 12.8. The molecule has 1 aliphatic heterocycles. The number of fused-ring (bicyclic) bond motifs is 3. The number of nitrogens with zero attached hydrogens (tertiary/aromatic N) is 3. The normalized spacial score (nSPS) is 16.6. The Labute approximate surface area is 127 Å². The first-order valence-electron chi connectivity index (χ1n) is 7.74. The van der Waals surface area contributed by atoms with Crippen molar-refractivity contribution in [3.8, 4) is 0 Å². The fraction of sp³-hybridized carbons (Fsp3) is 0.438.